The Bertz CT molecular complexity index is 944. The maximum atomic E-state index is 12.0. The van der Waals surface area contributed by atoms with Crippen LogP contribution < -0.4 is 10.1 Å². The summed E-state index contributed by atoms with van der Waals surface area (Å²) in [6.45, 7) is 1.91. The number of rotatable bonds is 7. The second-order valence-corrected chi connectivity index (χ2v) is 5.44. The Morgan fingerprint density at radius 2 is 1.93 bits per heavy atom. The van der Waals surface area contributed by atoms with Crippen LogP contribution in [0.15, 0.2) is 59.0 Å². The third kappa shape index (κ3) is 4.94. The number of carbonyl (C=O) groups is 2. The number of oxazole rings is 1. The average molecular weight is 366 g/mol. The van der Waals surface area contributed by atoms with E-state index in [-0.39, 0.29) is 5.89 Å². The van der Waals surface area contributed by atoms with E-state index < -0.39 is 18.5 Å². The molecule has 2 aromatic carbocycles. The van der Waals surface area contributed by atoms with Gasteiger partial charge < -0.3 is 19.2 Å². The lowest BCUT2D eigenvalue weighted by molar-refractivity contribution is -0.142. The first-order chi connectivity index (χ1) is 13.2. The normalized spacial score (nSPS) is 10.9. The number of nitrogens with one attached hydrogen (secondary N) is 1. The van der Waals surface area contributed by atoms with Gasteiger partial charge in [0.2, 0.25) is 5.89 Å². The average Bonchev–Trinajstić information content (AvgIpc) is 3.09. The zero-order valence-corrected chi connectivity index (χ0v) is 14.7. The number of esters is 1. The van der Waals surface area contributed by atoms with E-state index in [0.29, 0.717) is 29.1 Å². The van der Waals surface area contributed by atoms with E-state index in [0.717, 1.165) is 6.08 Å². The predicted octanol–water partition coefficient (Wildman–Crippen LogP) is 3.42. The summed E-state index contributed by atoms with van der Waals surface area (Å²) in [7, 11) is 0. The third-order valence-electron chi connectivity index (χ3n) is 3.48. The van der Waals surface area contributed by atoms with Crippen molar-refractivity contribution in [2.75, 3.05) is 18.5 Å². The van der Waals surface area contributed by atoms with Crippen molar-refractivity contribution in [3.05, 3.63) is 60.5 Å². The van der Waals surface area contributed by atoms with Gasteiger partial charge in [-0.1, -0.05) is 24.3 Å². The number of hydrogen-bond donors (Lipinski definition) is 1. The van der Waals surface area contributed by atoms with Crippen molar-refractivity contribution in [1.82, 2.24) is 4.98 Å². The molecule has 0 unspecified atom stereocenters. The quantitative estimate of drug-likeness (QED) is 0.509. The van der Waals surface area contributed by atoms with E-state index in [9.17, 15) is 9.59 Å². The van der Waals surface area contributed by atoms with Crippen LogP contribution in [-0.4, -0.2) is 30.1 Å². The summed E-state index contributed by atoms with van der Waals surface area (Å²) < 4.78 is 15.8. The molecular formula is C20H18N2O5. The van der Waals surface area contributed by atoms with Crippen LogP contribution in [0.1, 0.15) is 12.8 Å². The molecule has 0 aliphatic rings. The third-order valence-corrected chi connectivity index (χ3v) is 3.48. The van der Waals surface area contributed by atoms with Crippen molar-refractivity contribution in [2.24, 2.45) is 0 Å². The van der Waals surface area contributed by atoms with Crippen LogP contribution in [0, 0.1) is 0 Å². The summed E-state index contributed by atoms with van der Waals surface area (Å²) in [5, 5.41) is 2.65. The first kappa shape index (κ1) is 18.2. The number of aromatic nitrogens is 1. The summed E-state index contributed by atoms with van der Waals surface area (Å²) in [5.41, 5.74) is 1.83. The maximum absolute atomic E-state index is 12.0. The topological polar surface area (TPSA) is 90.7 Å². The van der Waals surface area contributed by atoms with Gasteiger partial charge in [-0.25, -0.2) is 9.78 Å². The number of benzene rings is 2. The number of carbonyl (C=O) groups excluding carboxylic acids is 2. The van der Waals surface area contributed by atoms with Gasteiger partial charge in [-0.05, 0) is 31.2 Å². The van der Waals surface area contributed by atoms with E-state index in [1.807, 2.05) is 19.1 Å². The van der Waals surface area contributed by atoms with Crippen molar-refractivity contribution in [1.29, 1.82) is 0 Å². The largest absolute Gasteiger partial charge is 0.492 e. The molecule has 0 spiro atoms. The molecule has 0 saturated carbocycles. The molecule has 0 bridgehead atoms. The van der Waals surface area contributed by atoms with Crippen LogP contribution in [0.4, 0.5) is 5.69 Å². The van der Waals surface area contributed by atoms with Crippen molar-refractivity contribution in [2.45, 2.75) is 6.92 Å². The Morgan fingerprint density at radius 3 is 2.74 bits per heavy atom. The molecule has 27 heavy (non-hydrogen) atoms. The van der Waals surface area contributed by atoms with Crippen LogP contribution in [0.5, 0.6) is 5.75 Å². The van der Waals surface area contributed by atoms with Crippen molar-refractivity contribution >= 4 is 34.7 Å². The lowest BCUT2D eigenvalue weighted by atomic mass is 10.3. The predicted molar refractivity (Wildman–Crippen MR) is 100 cm³/mol. The van der Waals surface area contributed by atoms with Gasteiger partial charge in [-0.3, -0.25) is 4.79 Å². The minimum atomic E-state index is -0.675. The summed E-state index contributed by atoms with van der Waals surface area (Å²) in [5.74, 6) is -0.310. The second kappa shape index (κ2) is 8.66. The Labute approximate surface area is 155 Å². The van der Waals surface area contributed by atoms with E-state index in [2.05, 4.69) is 10.3 Å². The highest BCUT2D eigenvalue weighted by Gasteiger charge is 2.09. The molecule has 138 valence electrons. The summed E-state index contributed by atoms with van der Waals surface area (Å²) >= 11 is 0. The van der Waals surface area contributed by atoms with Gasteiger partial charge in [0.05, 0.1) is 12.3 Å². The van der Waals surface area contributed by atoms with E-state index in [4.69, 9.17) is 13.9 Å². The van der Waals surface area contributed by atoms with Crippen LogP contribution in [-0.2, 0) is 14.3 Å². The van der Waals surface area contributed by atoms with Gasteiger partial charge in [-0.2, -0.15) is 0 Å². The lowest BCUT2D eigenvalue weighted by Crippen LogP contribution is -2.20. The molecule has 0 fully saturated rings. The molecule has 0 saturated heterocycles. The SMILES string of the molecule is CCOc1ccccc1NC(=O)COC(=O)/C=C/c1nc2ccccc2o1. The molecular weight excluding hydrogens is 348 g/mol. The number of hydrogen-bond acceptors (Lipinski definition) is 6. The first-order valence-electron chi connectivity index (χ1n) is 8.38. The summed E-state index contributed by atoms with van der Waals surface area (Å²) in [6.07, 6.45) is 2.55. The molecule has 7 nitrogen and oxygen atoms in total. The van der Waals surface area contributed by atoms with E-state index in [1.54, 1.807) is 36.4 Å². The number of amides is 1. The van der Waals surface area contributed by atoms with Crippen LogP contribution >= 0.6 is 0 Å². The van der Waals surface area contributed by atoms with Gasteiger partial charge in [0.1, 0.15) is 11.3 Å². The monoisotopic (exact) mass is 366 g/mol. The maximum Gasteiger partial charge on any atom is 0.331 e. The van der Waals surface area contributed by atoms with Gasteiger partial charge in [0.15, 0.2) is 12.2 Å². The van der Waals surface area contributed by atoms with Crippen LogP contribution in [0.3, 0.4) is 0 Å². The summed E-state index contributed by atoms with van der Waals surface area (Å²) in [4.78, 5) is 27.9. The van der Waals surface area contributed by atoms with Crippen molar-refractivity contribution in [3.63, 3.8) is 0 Å². The number of nitrogens with zero attached hydrogens (tertiary/aromatic N) is 1. The molecule has 0 atom stereocenters. The molecule has 1 heterocycles. The molecule has 3 rings (SSSR count). The van der Waals surface area contributed by atoms with Crippen LogP contribution in [0.25, 0.3) is 17.2 Å². The number of para-hydroxylation sites is 4. The highest BCUT2D eigenvalue weighted by atomic mass is 16.5. The molecule has 0 radical (unpaired) electrons. The standard InChI is InChI=1S/C20H18N2O5/c1-2-25-16-9-5-3-7-14(16)21-18(23)13-26-20(24)12-11-19-22-15-8-4-6-10-17(15)27-19/h3-12H,2,13H2,1H3,(H,21,23)/b12-11+. The fraction of sp³-hybridized carbons (Fsp3) is 0.150. The Morgan fingerprint density at radius 1 is 1.15 bits per heavy atom. The highest BCUT2D eigenvalue weighted by molar-refractivity contribution is 5.95. The minimum Gasteiger partial charge on any atom is -0.492 e. The Kier molecular flexibility index (Phi) is 5.84. The number of fused-ring (bicyclic) bond motifs is 1. The number of anilines is 1. The van der Waals surface area contributed by atoms with Gasteiger partial charge >= 0.3 is 5.97 Å². The van der Waals surface area contributed by atoms with Crippen molar-refractivity contribution in [3.8, 4) is 5.75 Å². The van der Waals surface area contributed by atoms with Gasteiger partial charge in [0, 0.05) is 12.2 Å². The molecule has 0 aliphatic heterocycles. The lowest BCUT2D eigenvalue weighted by Gasteiger charge is -2.11. The zero-order chi connectivity index (χ0) is 19.1. The molecule has 7 heteroatoms. The highest BCUT2D eigenvalue weighted by Crippen LogP contribution is 2.23. The minimum absolute atomic E-state index is 0.281. The van der Waals surface area contributed by atoms with Crippen LogP contribution in [0.2, 0.25) is 0 Å². The fourth-order valence-electron chi connectivity index (χ4n) is 2.32. The first-order valence-corrected chi connectivity index (χ1v) is 8.38. The second-order valence-electron chi connectivity index (χ2n) is 5.44. The van der Waals surface area contributed by atoms with Gasteiger partial charge in [0.25, 0.3) is 5.91 Å². The Hall–Kier alpha value is -3.61. The van der Waals surface area contributed by atoms with Crippen molar-refractivity contribution < 1.29 is 23.5 Å². The Balaban J connectivity index is 1.52. The smallest absolute Gasteiger partial charge is 0.331 e. The van der Waals surface area contributed by atoms with Gasteiger partial charge in [-0.15, -0.1) is 0 Å². The fourth-order valence-corrected chi connectivity index (χ4v) is 2.32. The molecule has 1 N–H and O–H groups in total. The van der Waals surface area contributed by atoms with E-state index in [1.165, 1.54) is 6.08 Å². The zero-order valence-electron chi connectivity index (χ0n) is 14.7. The van der Waals surface area contributed by atoms with E-state index >= 15 is 0 Å². The summed E-state index contributed by atoms with van der Waals surface area (Å²) in [6, 6.07) is 14.3. The molecule has 1 aromatic heterocycles. The molecule has 0 aliphatic carbocycles. The molecule has 3 aromatic rings. The number of ether oxygens (including phenoxy) is 2. The molecule has 1 amide bonds.